The van der Waals surface area contributed by atoms with Crippen molar-refractivity contribution in [3.63, 3.8) is 0 Å². The molecule has 0 radical (unpaired) electrons. The fourth-order valence-corrected chi connectivity index (χ4v) is 4.87. The van der Waals surface area contributed by atoms with Crippen LogP contribution in [-0.2, 0) is 13.3 Å². The van der Waals surface area contributed by atoms with E-state index < -0.39 is 8.80 Å². The Kier molecular flexibility index (Phi) is 3.81. The summed E-state index contributed by atoms with van der Waals surface area (Å²) in [5, 5.41) is 1.05. The summed E-state index contributed by atoms with van der Waals surface area (Å²) in [6.45, 7) is 8.69. The third-order valence-corrected chi connectivity index (χ3v) is 6.39. The molecule has 5 heteroatoms. The summed E-state index contributed by atoms with van der Waals surface area (Å²) in [5.74, 6) is 0. The molecule has 19 heavy (non-hydrogen) atoms. The van der Waals surface area contributed by atoms with Gasteiger partial charge in [0.15, 0.2) is 0 Å². The molecule has 3 aliphatic rings. The SMILES string of the molecule is C=Cc1ccc([Si]23OCCN(CCO2)CCO3)cc1. The Morgan fingerprint density at radius 1 is 0.947 bits per heavy atom. The van der Waals surface area contributed by atoms with E-state index in [2.05, 4.69) is 11.5 Å². The van der Waals surface area contributed by atoms with Crippen LogP contribution >= 0.6 is 0 Å². The van der Waals surface area contributed by atoms with Gasteiger partial charge in [0.25, 0.3) is 0 Å². The summed E-state index contributed by atoms with van der Waals surface area (Å²) in [7, 11) is -2.70. The molecule has 0 amide bonds. The largest absolute Gasteiger partial charge is 0.537 e. The van der Waals surface area contributed by atoms with Crippen LogP contribution in [0.5, 0.6) is 0 Å². The number of hydrogen-bond donors (Lipinski definition) is 0. The van der Waals surface area contributed by atoms with E-state index in [1.165, 1.54) is 0 Å². The van der Waals surface area contributed by atoms with E-state index >= 15 is 0 Å². The maximum Gasteiger partial charge on any atom is 0.537 e. The zero-order valence-electron chi connectivity index (χ0n) is 11.0. The number of rotatable bonds is 2. The first-order chi connectivity index (χ1) is 9.32. The van der Waals surface area contributed by atoms with Crippen LogP contribution < -0.4 is 5.19 Å². The quantitative estimate of drug-likeness (QED) is 0.750. The Morgan fingerprint density at radius 2 is 1.47 bits per heavy atom. The Hall–Kier alpha value is -0.983. The molecular weight excluding hydrogens is 258 g/mol. The van der Waals surface area contributed by atoms with Crippen molar-refractivity contribution in [2.45, 2.75) is 0 Å². The molecule has 0 atom stereocenters. The molecule has 1 aromatic carbocycles. The Morgan fingerprint density at radius 3 is 1.95 bits per heavy atom. The number of hydrogen-bond acceptors (Lipinski definition) is 4. The van der Waals surface area contributed by atoms with Crippen LogP contribution in [0.25, 0.3) is 6.08 Å². The van der Waals surface area contributed by atoms with E-state index in [1.807, 2.05) is 30.3 Å². The zero-order chi connectivity index (χ0) is 13.1. The van der Waals surface area contributed by atoms with E-state index in [4.69, 9.17) is 13.3 Å². The molecule has 0 saturated carbocycles. The van der Waals surface area contributed by atoms with Gasteiger partial charge in [-0.15, -0.1) is 0 Å². The van der Waals surface area contributed by atoms with Gasteiger partial charge in [-0.3, -0.25) is 4.90 Å². The fourth-order valence-electron chi connectivity index (χ4n) is 2.46. The molecule has 4 nitrogen and oxygen atoms in total. The lowest BCUT2D eigenvalue weighted by atomic mass is 10.2. The van der Waals surface area contributed by atoms with Crippen molar-refractivity contribution < 1.29 is 13.3 Å². The number of benzene rings is 1. The minimum Gasteiger partial charge on any atom is -0.369 e. The summed E-state index contributed by atoms with van der Waals surface area (Å²) in [6, 6.07) is 8.16. The van der Waals surface area contributed by atoms with Crippen LogP contribution in [0.2, 0.25) is 0 Å². The molecule has 0 unspecified atom stereocenters. The Labute approximate surface area is 115 Å². The second-order valence-electron chi connectivity index (χ2n) is 4.77. The Balaban J connectivity index is 1.90. The molecule has 0 aliphatic carbocycles. The van der Waals surface area contributed by atoms with Crippen LogP contribution in [0, 0.1) is 0 Å². The highest BCUT2D eigenvalue weighted by Crippen LogP contribution is 2.16. The third kappa shape index (κ3) is 2.66. The van der Waals surface area contributed by atoms with Crippen molar-refractivity contribution in [3.8, 4) is 0 Å². The molecular formula is C14H19NO3Si. The van der Waals surface area contributed by atoms with Gasteiger partial charge >= 0.3 is 8.80 Å². The minimum absolute atomic E-state index is 0.676. The lowest BCUT2D eigenvalue weighted by Crippen LogP contribution is -2.62. The van der Waals surface area contributed by atoms with Gasteiger partial charge in [-0.1, -0.05) is 36.9 Å². The van der Waals surface area contributed by atoms with Gasteiger partial charge in [-0.05, 0) is 5.56 Å². The molecule has 102 valence electrons. The molecule has 2 bridgehead atoms. The minimum atomic E-state index is -2.70. The van der Waals surface area contributed by atoms with E-state index in [0.29, 0.717) is 19.8 Å². The smallest absolute Gasteiger partial charge is 0.369 e. The topological polar surface area (TPSA) is 30.9 Å². The highest BCUT2D eigenvalue weighted by atomic mass is 28.4. The molecule has 1 aromatic rings. The molecule has 0 spiro atoms. The second kappa shape index (κ2) is 5.56. The average Bonchev–Trinajstić information content (AvgIpc) is 2.37. The first-order valence-electron chi connectivity index (χ1n) is 6.70. The molecule has 0 N–H and O–H groups in total. The van der Waals surface area contributed by atoms with Crippen LogP contribution in [0.3, 0.4) is 0 Å². The van der Waals surface area contributed by atoms with E-state index in [-0.39, 0.29) is 0 Å². The molecule has 3 saturated heterocycles. The van der Waals surface area contributed by atoms with Crippen LogP contribution in [-0.4, -0.2) is 53.2 Å². The first-order valence-corrected chi connectivity index (χ1v) is 8.42. The predicted octanol–water partition coefficient (Wildman–Crippen LogP) is 0.854. The van der Waals surface area contributed by atoms with E-state index in [1.54, 1.807) is 0 Å². The van der Waals surface area contributed by atoms with Crippen molar-refractivity contribution in [2.24, 2.45) is 0 Å². The van der Waals surface area contributed by atoms with Gasteiger partial charge in [0, 0.05) is 24.8 Å². The molecule has 3 fully saturated rings. The number of fused-ring (bicyclic) bond motifs is 6. The molecule has 3 heterocycles. The highest BCUT2D eigenvalue weighted by molar-refractivity contribution is 6.75. The maximum absolute atomic E-state index is 6.03. The van der Waals surface area contributed by atoms with Gasteiger partial charge in [-0.25, -0.2) is 0 Å². The van der Waals surface area contributed by atoms with Crippen LogP contribution in [0.15, 0.2) is 30.8 Å². The summed E-state index contributed by atoms with van der Waals surface area (Å²) in [4.78, 5) is 2.32. The number of nitrogens with zero attached hydrogens (tertiary/aromatic N) is 1. The summed E-state index contributed by atoms with van der Waals surface area (Å²) >= 11 is 0. The second-order valence-corrected chi connectivity index (χ2v) is 7.33. The predicted molar refractivity (Wildman–Crippen MR) is 76.2 cm³/mol. The normalized spacial score (nSPS) is 31.3. The van der Waals surface area contributed by atoms with Gasteiger partial charge in [0.05, 0.1) is 19.8 Å². The molecule has 0 aromatic heterocycles. The highest BCUT2D eigenvalue weighted by Gasteiger charge is 2.46. The fraction of sp³-hybridized carbons (Fsp3) is 0.429. The van der Waals surface area contributed by atoms with E-state index in [9.17, 15) is 0 Å². The summed E-state index contributed by atoms with van der Waals surface area (Å²) < 4.78 is 18.1. The van der Waals surface area contributed by atoms with Gasteiger partial charge in [0.2, 0.25) is 0 Å². The van der Waals surface area contributed by atoms with Crippen molar-refractivity contribution in [1.82, 2.24) is 4.90 Å². The summed E-state index contributed by atoms with van der Waals surface area (Å²) in [5.41, 5.74) is 1.09. The van der Waals surface area contributed by atoms with Crippen LogP contribution in [0.4, 0.5) is 0 Å². The third-order valence-electron chi connectivity index (χ3n) is 3.60. The lowest BCUT2D eigenvalue weighted by Gasteiger charge is -2.38. The first kappa shape index (κ1) is 13.0. The van der Waals surface area contributed by atoms with Crippen molar-refractivity contribution >= 4 is 20.1 Å². The maximum atomic E-state index is 6.03. The Bertz CT molecular complexity index is 422. The van der Waals surface area contributed by atoms with E-state index in [0.717, 1.165) is 30.4 Å². The van der Waals surface area contributed by atoms with Crippen molar-refractivity contribution in [3.05, 3.63) is 36.4 Å². The average molecular weight is 277 g/mol. The van der Waals surface area contributed by atoms with Gasteiger partial charge < -0.3 is 13.3 Å². The van der Waals surface area contributed by atoms with Crippen LogP contribution in [0.1, 0.15) is 5.56 Å². The standard InChI is InChI=1S/C14H19NO3Si/c1-2-13-3-5-14(6-4-13)19-16-10-7-15(8-11-17-19)9-12-18-19/h2-6H,1,7-12H2. The molecule has 3 aliphatic heterocycles. The van der Waals surface area contributed by atoms with Gasteiger partial charge in [0.1, 0.15) is 0 Å². The monoisotopic (exact) mass is 277 g/mol. The summed E-state index contributed by atoms with van der Waals surface area (Å²) in [6.07, 6.45) is 1.83. The van der Waals surface area contributed by atoms with Crippen molar-refractivity contribution in [1.29, 1.82) is 0 Å². The molecule has 4 rings (SSSR count). The van der Waals surface area contributed by atoms with Crippen molar-refractivity contribution in [2.75, 3.05) is 39.5 Å². The lowest BCUT2D eigenvalue weighted by molar-refractivity contribution is 0.00141. The zero-order valence-corrected chi connectivity index (χ0v) is 12.0. The van der Waals surface area contributed by atoms with Gasteiger partial charge in [-0.2, -0.15) is 0 Å².